The zero-order chi connectivity index (χ0) is 22.3. The van der Waals surface area contributed by atoms with Gasteiger partial charge in [0, 0.05) is 37.7 Å². The first-order valence-electron chi connectivity index (χ1n) is 10.6. The molecule has 0 aliphatic carbocycles. The molecule has 0 unspecified atom stereocenters. The molecule has 0 bridgehead atoms. The van der Waals surface area contributed by atoms with Crippen molar-refractivity contribution in [1.29, 1.82) is 0 Å². The Morgan fingerprint density at radius 3 is 2.19 bits per heavy atom. The van der Waals surface area contributed by atoms with Crippen molar-refractivity contribution in [3.05, 3.63) is 72.6 Å². The van der Waals surface area contributed by atoms with E-state index in [0.29, 0.717) is 18.4 Å². The number of hydrogen-bond acceptors (Lipinski definition) is 5. The van der Waals surface area contributed by atoms with E-state index in [0.717, 1.165) is 42.7 Å². The van der Waals surface area contributed by atoms with Gasteiger partial charge in [0.2, 0.25) is 5.95 Å². The molecule has 32 heavy (non-hydrogen) atoms. The van der Waals surface area contributed by atoms with Crippen LogP contribution in [0.5, 0.6) is 0 Å². The molecule has 2 aromatic carbocycles. The molecule has 4 rings (SSSR count). The number of hydrogen-bond donors (Lipinski definition) is 3. The van der Waals surface area contributed by atoms with Crippen LogP contribution in [0.3, 0.4) is 0 Å². The fraction of sp³-hybridized carbons (Fsp3) is 0.250. The SMILES string of the molecule is O=C(NCC1CCN(c2ncc(C(=O)O)cn2)CC1)Nc1ccc(-c2ccccc2)cc1. The van der Waals surface area contributed by atoms with Gasteiger partial charge < -0.3 is 20.6 Å². The number of rotatable bonds is 6. The van der Waals surface area contributed by atoms with Crippen LogP contribution >= 0.6 is 0 Å². The van der Waals surface area contributed by atoms with E-state index in [9.17, 15) is 9.59 Å². The smallest absolute Gasteiger partial charge is 0.338 e. The lowest BCUT2D eigenvalue weighted by atomic mass is 9.97. The van der Waals surface area contributed by atoms with Crippen LogP contribution in [0.2, 0.25) is 0 Å². The Balaban J connectivity index is 1.21. The number of anilines is 2. The maximum absolute atomic E-state index is 12.3. The summed E-state index contributed by atoms with van der Waals surface area (Å²) < 4.78 is 0. The van der Waals surface area contributed by atoms with Crippen LogP contribution in [-0.2, 0) is 0 Å². The van der Waals surface area contributed by atoms with Gasteiger partial charge in [0.25, 0.3) is 0 Å². The lowest BCUT2D eigenvalue weighted by Crippen LogP contribution is -2.40. The van der Waals surface area contributed by atoms with E-state index in [1.807, 2.05) is 47.4 Å². The van der Waals surface area contributed by atoms with Gasteiger partial charge in [0.15, 0.2) is 0 Å². The molecule has 8 nitrogen and oxygen atoms in total. The fourth-order valence-electron chi connectivity index (χ4n) is 3.72. The predicted molar refractivity (Wildman–Crippen MR) is 123 cm³/mol. The Labute approximate surface area is 186 Å². The second-order valence-electron chi connectivity index (χ2n) is 7.79. The Morgan fingerprint density at radius 2 is 1.56 bits per heavy atom. The van der Waals surface area contributed by atoms with Gasteiger partial charge in [0.05, 0.1) is 5.56 Å². The van der Waals surface area contributed by atoms with E-state index in [-0.39, 0.29) is 11.6 Å². The first-order valence-corrected chi connectivity index (χ1v) is 10.6. The van der Waals surface area contributed by atoms with Crippen molar-refractivity contribution in [2.75, 3.05) is 29.9 Å². The zero-order valence-electron chi connectivity index (χ0n) is 17.6. The third kappa shape index (κ3) is 5.40. The number of carboxylic acid groups (broad SMARTS) is 1. The number of carboxylic acids is 1. The second-order valence-corrected chi connectivity index (χ2v) is 7.79. The summed E-state index contributed by atoms with van der Waals surface area (Å²) in [5.74, 6) is -0.124. The number of piperidine rings is 1. The molecule has 1 saturated heterocycles. The Kier molecular flexibility index (Phi) is 6.60. The molecule has 1 aliphatic heterocycles. The van der Waals surface area contributed by atoms with Crippen LogP contribution in [0, 0.1) is 5.92 Å². The normalized spacial score (nSPS) is 14.1. The fourth-order valence-corrected chi connectivity index (χ4v) is 3.72. The van der Waals surface area contributed by atoms with Crippen LogP contribution in [-0.4, -0.2) is 46.7 Å². The quantitative estimate of drug-likeness (QED) is 0.547. The van der Waals surface area contributed by atoms with E-state index in [4.69, 9.17) is 5.11 Å². The molecule has 0 radical (unpaired) electrons. The number of aromatic carboxylic acids is 1. The number of carbonyl (C=O) groups is 2. The average molecular weight is 431 g/mol. The summed E-state index contributed by atoms with van der Waals surface area (Å²) in [4.78, 5) is 33.5. The molecule has 1 fully saturated rings. The monoisotopic (exact) mass is 431 g/mol. The number of benzene rings is 2. The van der Waals surface area contributed by atoms with E-state index in [2.05, 4.69) is 32.7 Å². The highest BCUT2D eigenvalue weighted by atomic mass is 16.4. The highest BCUT2D eigenvalue weighted by molar-refractivity contribution is 5.89. The molecule has 2 amide bonds. The highest BCUT2D eigenvalue weighted by Gasteiger charge is 2.21. The third-order valence-corrected chi connectivity index (χ3v) is 5.58. The van der Waals surface area contributed by atoms with Crippen LogP contribution in [0.1, 0.15) is 23.2 Å². The van der Waals surface area contributed by atoms with Gasteiger partial charge in [-0.2, -0.15) is 0 Å². The molecular weight excluding hydrogens is 406 g/mol. The molecule has 3 N–H and O–H groups in total. The first-order chi connectivity index (χ1) is 15.6. The number of urea groups is 1. The summed E-state index contributed by atoms with van der Waals surface area (Å²) in [7, 11) is 0. The van der Waals surface area contributed by atoms with Crippen molar-refractivity contribution in [3.63, 3.8) is 0 Å². The summed E-state index contributed by atoms with van der Waals surface area (Å²) >= 11 is 0. The molecule has 1 aliphatic rings. The van der Waals surface area contributed by atoms with Gasteiger partial charge in [-0.3, -0.25) is 0 Å². The molecule has 8 heteroatoms. The van der Waals surface area contributed by atoms with Gasteiger partial charge in [-0.05, 0) is 42.0 Å². The van der Waals surface area contributed by atoms with Gasteiger partial charge >= 0.3 is 12.0 Å². The largest absolute Gasteiger partial charge is 0.478 e. The summed E-state index contributed by atoms with van der Waals surface area (Å²) in [6, 6.07) is 17.7. The van der Waals surface area contributed by atoms with Crippen molar-refractivity contribution in [1.82, 2.24) is 15.3 Å². The molecule has 0 saturated carbocycles. The van der Waals surface area contributed by atoms with E-state index in [1.54, 1.807) is 0 Å². The molecule has 0 spiro atoms. The Hall–Kier alpha value is -3.94. The minimum Gasteiger partial charge on any atom is -0.478 e. The topological polar surface area (TPSA) is 107 Å². The number of nitrogens with one attached hydrogen (secondary N) is 2. The summed E-state index contributed by atoms with van der Waals surface area (Å²) in [5.41, 5.74) is 3.07. The minimum atomic E-state index is -1.04. The standard InChI is InChI=1S/C24H25N5O3/c30-22(31)20-15-25-23(26-16-20)29-12-10-17(11-13-29)14-27-24(32)28-21-8-6-19(7-9-21)18-4-2-1-3-5-18/h1-9,15-17H,10-14H2,(H,30,31)(H2,27,28,32). The van der Waals surface area contributed by atoms with Crippen molar-refractivity contribution in [2.45, 2.75) is 12.8 Å². The molecule has 3 aromatic rings. The maximum Gasteiger partial charge on any atom is 0.338 e. The Bertz CT molecular complexity index is 1050. The average Bonchev–Trinajstić information content (AvgIpc) is 2.84. The van der Waals surface area contributed by atoms with Gasteiger partial charge in [-0.1, -0.05) is 42.5 Å². The van der Waals surface area contributed by atoms with Gasteiger partial charge in [-0.15, -0.1) is 0 Å². The predicted octanol–water partition coefficient (Wildman–Crippen LogP) is 3.88. The molecule has 1 aromatic heterocycles. The lowest BCUT2D eigenvalue weighted by Gasteiger charge is -2.32. The van der Waals surface area contributed by atoms with E-state index < -0.39 is 5.97 Å². The van der Waals surface area contributed by atoms with Crippen molar-refractivity contribution in [2.24, 2.45) is 5.92 Å². The number of carbonyl (C=O) groups excluding carboxylic acids is 1. The molecule has 164 valence electrons. The highest BCUT2D eigenvalue weighted by Crippen LogP contribution is 2.22. The van der Waals surface area contributed by atoms with E-state index in [1.165, 1.54) is 12.4 Å². The van der Waals surface area contributed by atoms with Crippen LogP contribution in [0.15, 0.2) is 67.0 Å². The second kappa shape index (κ2) is 9.91. The number of aromatic nitrogens is 2. The van der Waals surface area contributed by atoms with E-state index >= 15 is 0 Å². The summed E-state index contributed by atoms with van der Waals surface area (Å²) in [5, 5.41) is 14.8. The lowest BCUT2D eigenvalue weighted by molar-refractivity contribution is 0.0696. The number of amides is 2. The summed E-state index contributed by atoms with van der Waals surface area (Å²) in [6.07, 6.45) is 4.45. The first kappa shape index (κ1) is 21.3. The minimum absolute atomic E-state index is 0.0774. The maximum atomic E-state index is 12.3. The van der Waals surface area contributed by atoms with Crippen molar-refractivity contribution in [3.8, 4) is 11.1 Å². The zero-order valence-corrected chi connectivity index (χ0v) is 17.6. The number of nitrogens with zero attached hydrogens (tertiary/aromatic N) is 3. The van der Waals surface area contributed by atoms with Crippen LogP contribution < -0.4 is 15.5 Å². The van der Waals surface area contributed by atoms with Crippen molar-refractivity contribution < 1.29 is 14.7 Å². The molecule has 2 heterocycles. The van der Waals surface area contributed by atoms with Crippen molar-refractivity contribution >= 4 is 23.6 Å². The Morgan fingerprint density at radius 1 is 0.938 bits per heavy atom. The molecule has 0 atom stereocenters. The molecular formula is C24H25N5O3. The third-order valence-electron chi connectivity index (χ3n) is 5.58. The van der Waals surface area contributed by atoms with Gasteiger partial charge in [-0.25, -0.2) is 19.6 Å². The van der Waals surface area contributed by atoms with Crippen LogP contribution in [0.4, 0.5) is 16.4 Å². The van der Waals surface area contributed by atoms with Gasteiger partial charge in [0.1, 0.15) is 0 Å². The summed E-state index contributed by atoms with van der Waals surface area (Å²) in [6.45, 7) is 2.13. The van der Waals surface area contributed by atoms with Crippen LogP contribution in [0.25, 0.3) is 11.1 Å².